The molecular formula is C12H18ClN5. The Hall–Kier alpha value is -1.33. The number of hydrogen-bond acceptors (Lipinski definition) is 3. The second-order valence-corrected chi connectivity index (χ2v) is 4.66. The summed E-state index contributed by atoms with van der Waals surface area (Å²) in [5, 5.41) is 12.7. The molecule has 0 aliphatic carbocycles. The van der Waals surface area contributed by atoms with Crippen molar-refractivity contribution in [3.63, 3.8) is 0 Å². The van der Waals surface area contributed by atoms with E-state index in [9.17, 15) is 0 Å². The van der Waals surface area contributed by atoms with E-state index in [0.29, 0.717) is 5.02 Å². The van der Waals surface area contributed by atoms with Gasteiger partial charge in [-0.25, -0.2) is 0 Å². The van der Waals surface area contributed by atoms with Crippen LogP contribution >= 0.6 is 11.6 Å². The lowest BCUT2D eigenvalue weighted by molar-refractivity contribution is 0.549. The molecule has 6 heteroatoms. The quantitative estimate of drug-likeness (QED) is 0.921. The van der Waals surface area contributed by atoms with Crippen LogP contribution in [0.15, 0.2) is 12.3 Å². The highest BCUT2D eigenvalue weighted by Crippen LogP contribution is 2.27. The van der Waals surface area contributed by atoms with Gasteiger partial charge in [0.25, 0.3) is 0 Å². The molecule has 5 nitrogen and oxygen atoms in total. The fourth-order valence-corrected chi connectivity index (χ4v) is 2.32. The summed E-state index contributed by atoms with van der Waals surface area (Å²) in [6.45, 7) is 4.86. The molecule has 0 saturated heterocycles. The summed E-state index contributed by atoms with van der Waals surface area (Å²) in [5.41, 5.74) is 3.03. The molecule has 1 N–H and O–H groups in total. The zero-order valence-corrected chi connectivity index (χ0v) is 11.9. The molecule has 1 unspecified atom stereocenters. The lowest BCUT2D eigenvalue weighted by atomic mass is 10.1. The highest BCUT2D eigenvalue weighted by molar-refractivity contribution is 6.31. The Bertz CT molecular complexity index is 523. The monoisotopic (exact) mass is 267 g/mol. The maximum absolute atomic E-state index is 6.24. The van der Waals surface area contributed by atoms with Gasteiger partial charge in [-0.2, -0.15) is 10.2 Å². The summed E-state index contributed by atoms with van der Waals surface area (Å²) >= 11 is 6.24. The van der Waals surface area contributed by atoms with E-state index in [-0.39, 0.29) is 6.04 Å². The zero-order chi connectivity index (χ0) is 13.3. The predicted octanol–water partition coefficient (Wildman–Crippen LogP) is 1.91. The van der Waals surface area contributed by atoms with Gasteiger partial charge in [0.05, 0.1) is 28.6 Å². The van der Waals surface area contributed by atoms with Gasteiger partial charge in [0.1, 0.15) is 0 Å². The highest BCUT2D eigenvalue weighted by Gasteiger charge is 2.22. The largest absolute Gasteiger partial charge is 0.307 e. The Morgan fingerprint density at radius 3 is 2.72 bits per heavy atom. The van der Waals surface area contributed by atoms with Gasteiger partial charge in [-0.1, -0.05) is 11.6 Å². The lowest BCUT2D eigenvalue weighted by Crippen LogP contribution is -2.22. The minimum Gasteiger partial charge on any atom is -0.307 e. The van der Waals surface area contributed by atoms with Gasteiger partial charge in [0.15, 0.2) is 0 Å². The second-order valence-electron chi connectivity index (χ2n) is 4.25. The van der Waals surface area contributed by atoms with Gasteiger partial charge < -0.3 is 5.32 Å². The van der Waals surface area contributed by atoms with E-state index in [2.05, 4.69) is 21.6 Å². The van der Waals surface area contributed by atoms with E-state index in [1.54, 1.807) is 6.20 Å². The van der Waals surface area contributed by atoms with E-state index in [1.165, 1.54) is 0 Å². The maximum Gasteiger partial charge on any atom is 0.0953 e. The van der Waals surface area contributed by atoms with Gasteiger partial charge in [0.2, 0.25) is 0 Å². The fraction of sp³-hybridized carbons (Fsp3) is 0.500. The van der Waals surface area contributed by atoms with Crippen molar-refractivity contribution in [2.45, 2.75) is 26.4 Å². The van der Waals surface area contributed by atoms with Gasteiger partial charge in [-0.05, 0) is 27.0 Å². The third kappa shape index (κ3) is 2.15. The van der Waals surface area contributed by atoms with Crippen LogP contribution in [0.25, 0.3) is 0 Å². The van der Waals surface area contributed by atoms with Crippen LogP contribution in [0.2, 0.25) is 5.02 Å². The molecule has 18 heavy (non-hydrogen) atoms. The average Bonchev–Trinajstić information content (AvgIpc) is 2.86. The smallest absolute Gasteiger partial charge is 0.0953 e. The van der Waals surface area contributed by atoms with Crippen LogP contribution in [0.5, 0.6) is 0 Å². The lowest BCUT2D eigenvalue weighted by Gasteiger charge is -2.16. The predicted molar refractivity (Wildman–Crippen MR) is 71.8 cm³/mol. The van der Waals surface area contributed by atoms with Crippen molar-refractivity contribution in [3.8, 4) is 0 Å². The first-order chi connectivity index (χ1) is 8.58. The Morgan fingerprint density at radius 2 is 2.22 bits per heavy atom. The number of aromatic nitrogens is 4. The van der Waals surface area contributed by atoms with Crippen molar-refractivity contribution in [3.05, 3.63) is 34.4 Å². The molecule has 2 rings (SSSR count). The molecule has 0 aliphatic rings. The molecule has 0 saturated carbocycles. The van der Waals surface area contributed by atoms with Gasteiger partial charge >= 0.3 is 0 Å². The molecule has 2 heterocycles. The summed E-state index contributed by atoms with van der Waals surface area (Å²) in [6, 6.07) is 2.02. The number of rotatable bonds is 4. The molecule has 0 radical (unpaired) electrons. The maximum atomic E-state index is 6.24. The van der Waals surface area contributed by atoms with E-state index < -0.39 is 0 Å². The van der Waals surface area contributed by atoms with Crippen LogP contribution in [0.3, 0.4) is 0 Å². The van der Waals surface area contributed by atoms with Crippen molar-refractivity contribution in [2.75, 3.05) is 7.05 Å². The van der Waals surface area contributed by atoms with Crippen LogP contribution in [-0.2, 0) is 13.6 Å². The van der Waals surface area contributed by atoms with Crippen molar-refractivity contribution >= 4 is 11.6 Å². The molecule has 0 bridgehead atoms. The zero-order valence-electron chi connectivity index (χ0n) is 11.1. The summed E-state index contributed by atoms with van der Waals surface area (Å²) in [7, 11) is 3.84. The molecule has 0 fully saturated rings. The van der Waals surface area contributed by atoms with E-state index in [1.807, 2.05) is 37.3 Å². The molecule has 0 aromatic carbocycles. The Balaban J connectivity index is 2.47. The first-order valence-corrected chi connectivity index (χ1v) is 6.35. The number of nitrogens with one attached hydrogen (secondary N) is 1. The summed E-state index contributed by atoms with van der Waals surface area (Å²) in [6.07, 6.45) is 1.68. The van der Waals surface area contributed by atoms with E-state index in [0.717, 1.165) is 23.6 Å². The summed E-state index contributed by atoms with van der Waals surface area (Å²) in [5.74, 6) is 0. The van der Waals surface area contributed by atoms with Crippen molar-refractivity contribution in [1.82, 2.24) is 24.9 Å². The van der Waals surface area contributed by atoms with Crippen LogP contribution in [0.1, 0.15) is 30.0 Å². The first-order valence-electron chi connectivity index (χ1n) is 5.97. The first kappa shape index (κ1) is 13.1. The second kappa shape index (κ2) is 5.12. The molecule has 0 aliphatic heterocycles. The van der Waals surface area contributed by atoms with Crippen molar-refractivity contribution in [2.24, 2.45) is 7.05 Å². The average molecular weight is 268 g/mol. The molecule has 0 spiro atoms. The third-order valence-electron chi connectivity index (χ3n) is 3.12. The minimum atomic E-state index is -0.0418. The van der Waals surface area contributed by atoms with Gasteiger partial charge in [0, 0.05) is 19.3 Å². The molecule has 1 atom stereocenters. The molecule has 98 valence electrons. The Labute approximate surface area is 112 Å². The molecule has 2 aromatic rings. The van der Waals surface area contributed by atoms with Crippen molar-refractivity contribution < 1.29 is 0 Å². The van der Waals surface area contributed by atoms with Crippen LogP contribution < -0.4 is 5.32 Å². The number of nitrogens with zero attached hydrogens (tertiary/aromatic N) is 4. The van der Waals surface area contributed by atoms with E-state index in [4.69, 9.17) is 11.6 Å². The Kier molecular flexibility index (Phi) is 3.73. The highest BCUT2D eigenvalue weighted by atomic mass is 35.5. The standard InChI is InChI=1S/C12H18ClN5/c1-5-18-12(9(13)7-15-18)11(14-3)10-6-8(2)17(4)16-10/h6-7,11,14H,5H2,1-4H3. The fourth-order valence-electron chi connectivity index (χ4n) is 2.07. The van der Waals surface area contributed by atoms with Crippen LogP contribution in [-0.4, -0.2) is 26.6 Å². The van der Waals surface area contributed by atoms with Crippen molar-refractivity contribution in [1.29, 1.82) is 0 Å². The van der Waals surface area contributed by atoms with Crippen LogP contribution in [0.4, 0.5) is 0 Å². The summed E-state index contributed by atoms with van der Waals surface area (Å²) in [4.78, 5) is 0. The Morgan fingerprint density at radius 1 is 1.50 bits per heavy atom. The third-order valence-corrected chi connectivity index (χ3v) is 3.41. The topological polar surface area (TPSA) is 47.7 Å². The minimum absolute atomic E-state index is 0.0418. The van der Waals surface area contributed by atoms with E-state index >= 15 is 0 Å². The summed E-state index contributed by atoms with van der Waals surface area (Å²) < 4.78 is 3.76. The number of halogens is 1. The molecular weight excluding hydrogens is 250 g/mol. The molecule has 2 aromatic heterocycles. The number of hydrogen-bond donors (Lipinski definition) is 1. The van der Waals surface area contributed by atoms with Crippen LogP contribution in [0, 0.1) is 6.92 Å². The number of aryl methyl sites for hydroxylation is 3. The van der Waals surface area contributed by atoms with Gasteiger partial charge in [-0.15, -0.1) is 0 Å². The molecule has 0 amide bonds. The normalized spacial score (nSPS) is 12.9. The SMILES string of the molecule is CCn1ncc(Cl)c1C(NC)c1cc(C)n(C)n1. The van der Waals surface area contributed by atoms with Gasteiger partial charge in [-0.3, -0.25) is 9.36 Å².